The molecule has 2 aliphatic heterocycles. The molecule has 0 N–H and O–H groups in total. The van der Waals surface area contributed by atoms with Crippen molar-refractivity contribution in [2.24, 2.45) is 5.41 Å². The highest BCUT2D eigenvalue weighted by Crippen LogP contribution is 2.50. The normalized spacial score (nSPS) is 20.6. The van der Waals surface area contributed by atoms with E-state index < -0.39 is 29.2 Å². The number of carbonyl (C=O) groups is 2. The van der Waals surface area contributed by atoms with Gasteiger partial charge in [-0.2, -0.15) is 13.2 Å². The van der Waals surface area contributed by atoms with Gasteiger partial charge >= 0.3 is 12.2 Å². The van der Waals surface area contributed by atoms with E-state index in [1.54, 1.807) is 51.1 Å². The topological polar surface area (TPSA) is 53.1 Å². The van der Waals surface area contributed by atoms with Crippen LogP contribution >= 0.6 is 0 Å². The van der Waals surface area contributed by atoms with Crippen LogP contribution in [-0.2, 0) is 11.0 Å². The number of hydrogen-bond donors (Lipinski definition) is 0. The number of carbonyl (C=O) groups excluding carboxylic acids is 2. The molecule has 2 heterocycles. The monoisotopic (exact) mass is 583 g/mol. The molecule has 2 aromatic rings. The van der Waals surface area contributed by atoms with Gasteiger partial charge < -0.3 is 19.4 Å². The van der Waals surface area contributed by atoms with E-state index in [0.29, 0.717) is 42.7 Å². The number of rotatable bonds is 8. The van der Waals surface area contributed by atoms with Gasteiger partial charge in [0.2, 0.25) is 5.91 Å². The second kappa shape index (κ2) is 11.9. The zero-order chi connectivity index (χ0) is 31.0. The highest BCUT2D eigenvalue weighted by molar-refractivity contribution is 5.87. The number of piperazine rings is 1. The number of benzene rings is 2. The summed E-state index contributed by atoms with van der Waals surface area (Å²) in [6.07, 6.45) is 0.564. The summed E-state index contributed by atoms with van der Waals surface area (Å²) < 4.78 is 46.2. The first-order chi connectivity index (χ1) is 19.8. The number of ether oxygens (including phenoxy) is 1. The van der Waals surface area contributed by atoms with Crippen molar-refractivity contribution in [3.05, 3.63) is 89.5 Å². The van der Waals surface area contributed by atoms with Crippen molar-refractivity contribution in [2.45, 2.75) is 64.3 Å². The fourth-order valence-corrected chi connectivity index (χ4v) is 6.65. The molecule has 0 radical (unpaired) electrons. The standard InChI is InChI=1S/C33H40F3N3O3/c1-8-12-32(13-9-2)20-28-29(27-11-10-26(42-7)18-22(27)4)39(15-14-38(28)30(32)40)31(41)37(6)23(5)24-16-21(3)17-25(19-24)33(34,35)36/h8-11,16-19,23,28-29H,1-2,12-15,20H2,3-7H3/t23-,28?,29?/m1/s1. The Kier molecular flexibility index (Phi) is 8.81. The van der Waals surface area contributed by atoms with Gasteiger partial charge in [0.1, 0.15) is 5.75 Å². The summed E-state index contributed by atoms with van der Waals surface area (Å²) in [4.78, 5) is 33.3. The minimum Gasteiger partial charge on any atom is -0.497 e. The number of urea groups is 1. The highest BCUT2D eigenvalue weighted by atomic mass is 19.4. The van der Waals surface area contributed by atoms with Crippen molar-refractivity contribution in [1.82, 2.24) is 14.7 Å². The average Bonchev–Trinajstić information content (AvgIpc) is 3.21. The van der Waals surface area contributed by atoms with Crippen LogP contribution in [0.3, 0.4) is 0 Å². The predicted molar refractivity (Wildman–Crippen MR) is 157 cm³/mol. The second-order valence-corrected chi connectivity index (χ2v) is 11.6. The Morgan fingerprint density at radius 1 is 1.14 bits per heavy atom. The Hall–Kier alpha value is -3.75. The Morgan fingerprint density at radius 2 is 1.81 bits per heavy atom. The summed E-state index contributed by atoms with van der Waals surface area (Å²) in [5, 5.41) is 0. The highest BCUT2D eigenvalue weighted by Gasteiger charge is 2.56. The van der Waals surface area contributed by atoms with E-state index in [9.17, 15) is 22.8 Å². The van der Waals surface area contributed by atoms with Gasteiger partial charge in [-0.25, -0.2) is 4.79 Å². The lowest BCUT2D eigenvalue weighted by Crippen LogP contribution is -2.57. The molecule has 42 heavy (non-hydrogen) atoms. The van der Waals surface area contributed by atoms with Crippen LogP contribution in [0.15, 0.2) is 61.7 Å². The number of hydrogen-bond acceptors (Lipinski definition) is 3. The number of methoxy groups -OCH3 is 1. The summed E-state index contributed by atoms with van der Waals surface area (Å²) in [5.74, 6) is 0.722. The predicted octanol–water partition coefficient (Wildman–Crippen LogP) is 7.24. The molecule has 9 heteroatoms. The minimum absolute atomic E-state index is 0.0386. The second-order valence-electron chi connectivity index (χ2n) is 11.6. The van der Waals surface area contributed by atoms with E-state index in [1.807, 2.05) is 30.0 Å². The number of allylic oxidation sites excluding steroid dienone is 2. The van der Waals surface area contributed by atoms with Crippen LogP contribution in [0.25, 0.3) is 0 Å². The average molecular weight is 584 g/mol. The first-order valence-corrected chi connectivity index (χ1v) is 14.2. The smallest absolute Gasteiger partial charge is 0.416 e. The molecular weight excluding hydrogens is 543 g/mol. The first-order valence-electron chi connectivity index (χ1n) is 14.2. The van der Waals surface area contributed by atoms with Crippen LogP contribution < -0.4 is 4.74 Å². The van der Waals surface area contributed by atoms with Crippen LogP contribution in [0.1, 0.15) is 66.1 Å². The maximum atomic E-state index is 14.2. The van der Waals surface area contributed by atoms with Crippen LogP contribution in [0.2, 0.25) is 0 Å². The molecule has 0 spiro atoms. The fraction of sp³-hybridized carbons (Fsp3) is 0.455. The molecule has 6 nitrogen and oxygen atoms in total. The molecule has 3 amide bonds. The van der Waals surface area contributed by atoms with Crippen molar-refractivity contribution in [3.8, 4) is 5.75 Å². The molecule has 0 saturated carbocycles. The van der Waals surface area contributed by atoms with Gasteiger partial charge in [0, 0.05) is 20.1 Å². The number of aryl methyl sites for hydroxylation is 2. The van der Waals surface area contributed by atoms with E-state index in [2.05, 4.69) is 13.2 Å². The van der Waals surface area contributed by atoms with Gasteiger partial charge in [-0.15, -0.1) is 13.2 Å². The molecule has 2 saturated heterocycles. The van der Waals surface area contributed by atoms with Gasteiger partial charge in [-0.3, -0.25) is 4.79 Å². The van der Waals surface area contributed by atoms with Crippen LogP contribution in [0.5, 0.6) is 5.75 Å². The molecule has 4 rings (SSSR count). The van der Waals surface area contributed by atoms with Crippen molar-refractivity contribution in [2.75, 3.05) is 27.2 Å². The number of nitrogens with zero attached hydrogens (tertiary/aromatic N) is 3. The van der Waals surface area contributed by atoms with E-state index >= 15 is 0 Å². The zero-order valence-corrected chi connectivity index (χ0v) is 25.0. The molecular formula is C33H40F3N3O3. The third-order valence-electron chi connectivity index (χ3n) is 8.90. The summed E-state index contributed by atoms with van der Waals surface area (Å²) in [6, 6.07) is 7.90. The zero-order valence-electron chi connectivity index (χ0n) is 25.0. The Labute approximate surface area is 246 Å². The van der Waals surface area contributed by atoms with Gasteiger partial charge in [0.05, 0.1) is 36.2 Å². The van der Waals surface area contributed by atoms with Crippen molar-refractivity contribution < 1.29 is 27.5 Å². The summed E-state index contributed by atoms with van der Waals surface area (Å²) in [6.45, 7) is 13.7. The summed E-state index contributed by atoms with van der Waals surface area (Å²) >= 11 is 0. The van der Waals surface area contributed by atoms with E-state index in [0.717, 1.165) is 23.3 Å². The Bertz CT molecular complexity index is 1360. The van der Waals surface area contributed by atoms with Gasteiger partial charge in [-0.05, 0) is 81.0 Å². The number of fused-ring (bicyclic) bond motifs is 1. The molecule has 2 aromatic carbocycles. The number of alkyl halides is 3. The van der Waals surface area contributed by atoms with Crippen LogP contribution in [0, 0.1) is 19.3 Å². The van der Waals surface area contributed by atoms with Crippen LogP contribution in [0.4, 0.5) is 18.0 Å². The van der Waals surface area contributed by atoms with Gasteiger partial charge in [0.15, 0.2) is 0 Å². The van der Waals surface area contributed by atoms with E-state index in [1.165, 1.54) is 4.90 Å². The molecule has 0 aliphatic carbocycles. The SMILES string of the molecule is C=CCC1(CC=C)CC2C(c3ccc(OC)cc3C)N(C(=O)N(C)[C@H](C)c3cc(C)cc(C(F)(F)F)c3)CCN2C1=O. The quantitative estimate of drug-likeness (QED) is 0.308. The molecule has 226 valence electrons. The van der Waals surface area contributed by atoms with Crippen LogP contribution in [-0.4, -0.2) is 59.9 Å². The third-order valence-corrected chi connectivity index (χ3v) is 8.90. The van der Waals surface area contributed by atoms with Gasteiger partial charge in [0.25, 0.3) is 0 Å². The molecule has 0 bridgehead atoms. The number of halogens is 3. The number of amides is 3. The van der Waals surface area contributed by atoms with Crippen molar-refractivity contribution >= 4 is 11.9 Å². The molecule has 2 fully saturated rings. The molecule has 0 aromatic heterocycles. The Balaban J connectivity index is 1.75. The maximum Gasteiger partial charge on any atom is 0.416 e. The maximum absolute atomic E-state index is 14.2. The molecule has 2 aliphatic rings. The lowest BCUT2D eigenvalue weighted by molar-refractivity contribution is -0.139. The Morgan fingerprint density at radius 3 is 2.38 bits per heavy atom. The van der Waals surface area contributed by atoms with E-state index in [4.69, 9.17) is 4.74 Å². The summed E-state index contributed by atoms with van der Waals surface area (Å²) in [5.41, 5.74) is 1.27. The van der Waals surface area contributed by atoms with E-state index in [-0.39, 0.29) is 24.5 Å². The molecule has 2 unspecified atom stereocenters. The lowest BCUT2D eigenvalue weighted by atomic mass is 9.76. The molecule has 3 atom stereocenters. The first kappa shape index (κ1) is 31.2. The fourth-order valence-electron chi connectivity index (χ4n) is 6.65. The van der Waals surface area contributed by atoms with Crippen molar-refractivity contribution in [3.63, 3.8) is 0 Å². The third kappa shape index (κ3) is 5.65. The lowest BCUT2D eigenvalue weighted by Gasteiger charge is -2.47. The van der Waals surface area contributed by atoms with Crippen molar-refractivity contribution in [1.29, 1.82) is 0 Å². The largest absolute Gasteiger partial charge is 0.497 e. The minimum atomic E-state index is -4.49. The van der Waals surface area contributed by atoms with Gasteiger partial charge in [-0.1, -0.05) is 29.8 Å². The summed E-state index contributed by atoms with van der Waals surface area (Å²) in [7, 11) is 3.21.